The molecule has 1 aliphatic heterocycles. The highest BCUT2D eigenvalue weighted by Crippen LogP contribution is 2.32. The van der Waals surface area contributed by atoms with Gasteiger partial charge in [-0.2, -0.15) is 0 Å². The highest BCUT2D eigenvalue weighted by atomic mass is 16.5. The van der Waals surface area contributed by atoms with Crippen LogP contribution in [0.3, 0.4) is 0 Å². The van der Waals surface area contributed by atoms with Crippen molar-refractivity contribution >= 4 is 23.2 Å². The number of methoxy groups -OCH3 is 2. The molecule has 1 heterocycles. The van der Waals surface area contributed by atoms with Crippen molar-refractivity contribution in [1.29, 1.82) is 0 Å². The third-order valence-electron chi connectivity index (χ3n) is 5.03. The minimum absolute atomic E-state index is 0.0365. The van der Waals surface area contributed by atoms with Crippen molar-refractivity contribution in [2.75, 3.05) is 31.0 Å². The number of carbonyl (C=O) groups excluding carboxylic acids is 2. The van der Waals surface area contributed by atoms with Crippen LogP contribution in [-0.4, -0.2) is 32.6 Å². The zero-order valence-corrected chi connectivity index (χ0v) is 16.0. The number of ether oxygens (including phenoxy) is 2. The monoisotopic (exact) mass is 368 g/mol. The van der Waals surface area contributed by atoms with E-state index in [-0.39, 0.29) is 18.2 Å². The molecule has 0 aliphatic carbocycles. The first-order chi connectivity index (χ1) is 12.9. The summed E-state index contributed by atoms with van der Waals surface area (Å²) in [6.07, 6.45) is 0.192. The Labute approximate surface area is 159 Å². The average molecular weight is 368 g/mol. The predicted octanol–water partition coefficient (Wildman–Crippen LogP) is 3.31. The van der Waals surface area contributed by atoms with Gasteiger partial charge in [-0.3, -0.25) is 9.59 Å². The maximum absolute atomic E-state index is 12.7. The smallest absolute Gasteiger partial charge is 0.229 e. The molecule has 6 nitrogen and oxygen atoms in total. The van der Waals surface area contributed by atoms with Crippen molar-refractivity contribution in [3.8, 4) is 11.5 Å². The fourth-order valence-electron chi connectivity index (χ4n) is 3.28. The van der Waals surface area contributed by atoms with E-state index in [1.165, 1.54) is 7.11 Å². The molecule has 3 rings (SSSR count). The van der Waals surface area contributed by atoms with Crippen molar-refractivity contribution < 1.29 is 19.1 Å². The van der Waals surface area contributed by atoms with Crippen LogP contribution in [0, 0.1) is 19.8 Å². The first kappa shape index (κ1) is 18.8. The van der Waals surface area contributed by atoms with Gasteiger partial charge in [-0.1, -0.05) is 12.1 Å². The number of nitrogens with one attached hydrogen (secondary N) is 1. The van der Waals surface area contributed by atoms with Crippen LogP contribution in [0.2, 0.25) is 0 Å². The van der Waals surface area contributed by atoms with Gasteiger partial charge in [-0.05, 0) is 43.2 Å². The molecule has 6 heteroatoms. The zero-order chi connectivity index (χ0) is 19.6. The van der Waals surface area contributed by atoms with E-state index in [1.54, 1.807) is 30.2 Å². The van der Waals surface area contributed by atoms with Gasteiger partial charge in [-0.25, -0.2) is 0 Å². The minimum atomic E-state index is -0.413. The Bertz CT molecular complexity index is 878. The highest BCUT2D eigenvalue weighted by molar-refractivity contribution is 6.04. The molecule has 1 atom stereocenters. The molecule has 27 heavy (non-hydrogen) atoms. The second kappa shape index (κ2) is 7.70. The molecule has 142 valence electrons. The van der Waals surface area contributed by atoms with E-state index in [1.807, 2.05) is 32.0 Å². The van der Waals surface area contributed by atoms with Gasteiger partial charge in [0.25, 0.3) is 0 Å². The van der Waals surface area contributed by atoms with Crippen molar-refractivity contribution in [3.05, 3.63) is 47.5 Å². The first-order valence-electron chi connectivity index (χ1n) is 8.84. The quantitative estimate of drug-likeness (QED) is 0.879. The number of hydrogen-bond acceptors (Lipinski definition) is 4. The highest BCUT2D eigenvalue weighted by Gasteiger charge is 2.36. The lowest BCUT2D eigenvalue weighted by Gasteiger charge is -2.20. The van der Waals surface area contributed by atoms with Gasteiger partial charge in [0.2, 0.25) is 11.8 Å². The molecule has 1 aliphatic rings. The van der Waals surface area contributed by atoms with Gasteiger partial charge >= 0.3 is 0 Å². The maximum Gasteiger partial charge on any atom is 0.229 e. The van der Waals surface area contributed by atoms with E-state index in [0.29, 0.717) is 23.7 Å². The third kappa shape index (κ3) is 3.74. The summed E-state index contributed by atoms with van der Waals surface area (Å²) in [5.41, 5.74) is 3.61. The molecule has 1 N–H and O–H groups in total. The molecule has 0 spiro atoms. The first-order valence-corrected chi connectivity index (χ1v) is 8.84. The van der Waals surface area contributed by atoms with Gasteiger partial charge in [0.1, 0.15) is 11.5 Å². The zero-order valence-electron chi connectivity index (χ0n) is 16.0. The summed E-state index contributed by atoms with van der Waals surface area (Å²) < 4.78 is 10.5. The minimum Gasteiger partial charge on any atom is -0.497 e. The van der Waals surface area contributed by atoms with E-state index in [4.69, 9.17) is 9.47 Å². The van der Waals surface area contributed by atoms with Gasteiger partial charge in [0, 0.05) is 24.7 Å². The molecule has 2 aromatic carbocycles. The fourth-order valence-corrected chi connectivity index (χ4v) is 3.28. The Kier molecular flexibility index (Phi) is 5.35. The largest absolute Gasteiger partial charge is 0.497 e. The van der Waals surface area contributed by atoms with Gasteiger partial charge in [-0.15, -0.1) is 0 Å². The van der Waals surface area contributed by atoms with Gasteiger partial charge < -0.3 is 19.7 Å². The average Bonchev–Trinajstić information content (AvgIpc) is 3.06. The normalized spacial score (nSPS) is 16.4. The summed E-state index contributed by atoms with van der Waals surface area (Å²) in [4.78, 5) is 27.0. The number of benzene rings is 2. The van der Waals surface area contributed by atoms with E-state index >= 15 is 0 Å². The molecule has 0 unspecified atom stereocenters. The lowest BCUT2D eigenvalue weighted by Crippen LogP contribution is -2.28. The molecular weight excluding hydrogens is 344 g/mol. The molecule has 1 saturated heterocycles. The van der Waals surface area contributed by atoms with E-state index in [9.17, 15) is 9.59 Å². The fraction of sp³-hybridized carbons (Fsp3) is 0.333. The Morgan fingerprint density at radius 2 is 1.93 bits per heavy atom. The van der Waals surface area contributed by atoms with E-state index in [0.717, 1.165) is 16.8 Å². The van der Waals surface area contributed by atoms with Crippen LogP contribution in [0.5, 0.6) is 11.5 Å². The number of carbonyl (C=O) groups is 2. The number of anilines is 2. The number of rotatable bonds is 5. The second-order valence-corrected chi connectivity index (χ2v) is 6.68. The molecule has 0 radical (unpaired) electrons. The SMILES string of the molecule is COc1ccc(NC(=O)[C@@H]2CC(=O)N(c3cccc(C)c3C)C2)c(OC)c1. The van der Waals surface area contributed by atoms with Crippen molar-refractivity contribution in [3.63, 3.8) is 0 Å². The van der Waals surface area contributed by atoms with Crippen LogP contribution in [0.1, 0.15) is 17.5 Å². The second-order valence-electron chi connectivity index (χ2n) is 6.68. The molecule has 1 fully saturated rings. The molecule has 0 saturated carbocycles. The Morgan fingerprint density at radius 1 is 1.15 bits per heavy atom. The predicted molar refractivity (Wildman–Crippen MR) is 105 cm³/mol. The topological polar surface area (TPSA) is 67.9 Å². The Balaban J connectivity index is 1.76. The number of amides is 2. The van der Waals surface area contributed by atoms with Crippen molar-refractivity contribution in [2.45, 2.75) is 20.3 Å². The Hall–Kier alpha value is -3.02. The molecule has 0 bridgehead atoms. The Morgan fingerprint density at radius 3 is 2.63 bits per heavy atom. The van der Waals surface area contributed by atoms with E-state index in [2.05, 4.69) is 5.32 Å². The lowest BCUT2D eigenvalue weighted by molar-refractivity contribution is -0.122. The summed E-state index contributed by atoms with van der Waals surface area (Å²) >= 11 is 0. The summed E-state index contributed by atoms with van der Waals surface area (Å²) in [5, 5.41) is 2.87. The molecule has 2 amide bonds. The summed E-state index contributed by atoms with van der Waals surface area (Å²) in [6.45, 7) is 4.38. The maximum atomic E-state index is 12.7. The standard InChI is InChI=1S/C21H24N2O4/c1-13-6-5-7-18(14(13)2)23-12-15(10-20(23)24)21(25)22-17-9-8-16(26-3)11-19(17)27-4/h5-9,11,15H,10,12H2,1-4H3,(H,22,25)/t15-/m1/s1. The van der Waals surface area contributed by atoms with Crippen LogP contribution in [0.15, 0.2) is 36.4 Å². The van der Waals surface area contributed by atoms with E-state index < -0.39 is 5.92 Å². The lowest BCUT2D eigenvalue weighted by atomic mass is 10.1. The molecule has 2 aromatic rings. The number of nitrogens with zero attached hydrogens (tertiary/aromatic N) is 1. The summed E-state index contributed by atoms with van der Waals surface area (Å²) in [5.74, 6) is 0.509. The van der Waals surface area contributed by atoms with Crippen molar-refractivity contribution in [1.82, 2.24) is 0 Å². The van der Waals surface area contributed by atoms with Gasteiger partial charge in [0.15, 0.2) is 0 Å². The van der Waals surface area contributed by atoms with Crippen LogP contribution in [-0.2, 0) is 9.59 Å². The van der Waals surface area contributed by atoms with Crippen LogP contribution in [0.25, 0.3) is 0 Å². The van der Waals surface area contributed by atoms with Crippen LogP contribution < -0.4 is 19.7 Å². The third-order valence-corrected chi connectivity index (χ3v) is 5.03. The molecular formula is C21H24N2O4. The number of aryl methyl sites for hydroxylation is 1. The van der Waals surface area contributed by atoms with Crippen LogP contribution in [0.4, 0.5) is 11.4 Å². The van der Waals surface area contributed by atoms with Crippen molar-refractivity contribution in [2.24, 2.45) is 5.92 Å². The molecule has 0 aromatic heterocycles. The van der Waals surface area contributed by atoms with Gasteiger partial charge in [0.05, 0.1) is 25.8 Å². The number of hydrogen-bond donors (Lipinski definition) is 1. The summed E-state index contributed by atoms with van der Waals surface area (Å²) in [6, 6.07) is 11.1. The van der Waals surface area contributed by atoms with Crippen LogP contribution >= 0.6 is 0 Å². The summed E-state index contributed by atoms with van der Waals surface area (Å²) in [7, 11) is 3.10.